The van der Waals surface area contributed by atoms with Crippen LogP contribution < -0.4 is 0 Å². The highest BCUT2D eigenvalue weighted by Crippen LogP contribution is 2.30. The minimum absolute atomic E-state index is 0.0140. The Bertz CT molecular complexity index is 580. The fourth-order valence-corrected chi connectivity index (χ4v) is 3.20. The van der Waals surface area contributed by atoms with Crippen LogP contribution in [0.5, 0.6) is 0 Å². The van der Waals surface area contributed by atoms with Gasteiger partial charge < -0.3 is 14.4 Å². The third kappa shape index (κ3) is 3.94. The largest absolute Gasteiger partial charge is 0.488 e. The zero-order valence-corrected chi connectivity index (χ0v) is 14.0. The second-order valence-corrected chi connectivity index (χ2v) is 6.91. The molecule has 1 aromatic carbocycles. The summed E-state index contributed by atoms with van der Waals surface area (Å²) >= 11 is 0. The molecule has 1 saturated heterocycles. The van der Waals surface area contributed by atoms with Crippen molar-refractivity contribution >= 4 is 5.91 Å². The van der Waals surface area contributed by atoms with Gasteiger partial charge in [-0.1, -0.05) is 30.3 Å². The summed E-state index contributed by atoms with van der Waals surface area (Å²) in [5.74, 6) is 0.483. The van der Waals surface area contributed by atoms with Crippen molar-refractivity contribution in [2.45, 2.75) is 51.3 Å². The van der Waals surface area contributed by atoms with Crippen molar-refractivity contribution in [2.24, 2.45) is 0 Å². The number of allylic oxidation sites excluding steroid dienone is 1. The van der Waals surface area contributed by atoms with Gasteiger partial charge in [0.05, 0.1) is 24.9 Å². The summed E-state index contributed by atoms with van der Waals surface area (Å²) in [7, 11) is 0. The summed E-state index contributed by atoms with van der Waals surface area (Å²) in [6, 6.07) is 10.2. The van der Waals surface area contributed by atoms with Gasteiger partial charge in [0.2, 0.25) is 0 Å². The second-order valence-electron chi connectivity index (χ2n) is 6.91. The quantitative estimate of drug-likeness (QED) is 0.856. The van der Waals surface area contributed by atoms with E-state index in [4.69, 9.17) is 9.47 Å². The van der Waals surface area contributed by atoms with Crippen LogP contribution in [0.15, 0.2) is 42.2 Å². The third-order valence-electron chi connectivity index (χ3n) is 4.44. The molecule has 4 nitrogen and oxygen atoms in total. The van der Waals surface area contributed by atoms with Crippen LogP contribution in [0.2, 0.25) is 0 Å². The maximum atomic E-state index is 13.0. The molecule has 1 unspecified atom stereocenters. The Kier molecular flexibility index (Phi) is 4.71. The molecular weight excluding hydrogens is 290 g/mol. The van der Waals surface area contributed by atoms with E-state index >= 15 is 0 Å². The van der Waals surface area contributed by atoms with E-state index in [1.807, 2.05) is 29.2 Å². The number of hydrogen-bond acceptors (Lipinski definition) is 3. The lowest BCUT2D eigenvalue weighted by molar-refractivity contribution is -0.134. The van der Waals surface area contributed by atoms with Crippen LogP contribution in [-0.4, -0.2) is 35.7 Å². The monoisotopic (exact) mass is 315 g/mol. The van der Waals surface area contributed by atoms with Gasteiger partial charge in [-0.3, -0.25) is 4.79 Å². The van der Waals surface area contributed by atoms with Crippen molar-refractivity contribution in [3.63, 3.8) is 0 Å². The van der Waals surface area contributed by atoms with Crippen LogP contribution >= 0.6 is 0 Å². The van der Waals surface area contributed by atoms with Gasteiger partial charge in [-0.05, 0) is 44.7 Å². The van der Waals surface area contributed by atoms with Crippen LogP contribution in [0.25, 0.3) is 0 Å². The molecule has 1 aromatic rings. The SMILES string of the molecule is CC1(C)CC(N(Cc2ccccc2)C(=O)C2=CCCCO2)CO1. The Hall–Kier alpha value is -1.81. The minimum atomic E-state index is -0.179. The lowest BCUT2D eigenvalue weighted by Gasteiger charge is -2.30. The van der Waals surface area contributed by atoms with Gasteiger partial charge in [-0.15, -0.1) is 0 Å². The Labute approximate surface area is 138 Å². The van der Waals surface area contributed by atoms with Crippen molar-refractivity contribution in [3.8, 4) is 0 Å². The maximum absolute atomic E-state index is 13.0. The van der Waals surface area contributed by atoms with E-state index in [0.29, 0.717) is 25.5 Å². The highest BCUT2D eigenvalue weighted by atomic mass is 16.5. The molecule has 0 spiro atoms. The Morgan fingerprint density at radius 2 is 2.09 bits per heavy atom. The van der Waals surface area contributed by atoms with E-state index in [-0.39, 0.29) is 17.6 Å². The number of carbonyl (C=O) groups excluding carboxylic acids is 1. The first-order chi connectivity index (χ1) is 11.1. The molecule has 1 atom stereocenters. The lowest BCUT2D eigenvalue weighted by atomic mass is 10.0. The van der Waals surface area contributed by atoms with E-state index in [2.05, 4.69) is 26.0 Å². The smallest absolute Gasteiger partial charge is 0.289 e. The summed E-state index contributed by atoms with van der Waals surface area (Å²) in [4.78, 5) is 14.9. The molecule has 2 heterocycles. The van der Waals surface area contributed by atoms with E-state index in [9.17, 15) is 4.79 Å². The molecule has 124 valence electrons. The summed E-state index contributed by atoms with van der Waals surface area (Å²) in [6.45, 7) is 5.95. The van der Waals surface area contributed by atoms with E-state index < -0.39 is 0 Å². The Morgan fingerprint density at radius 3 is 2.70 bits per heavy atom. The number of ether oxygens (including phenoxy) is 2. The van der Waals surface area contributed by atoms with E-state index in [1.54, 1.807) is 0 Å². The first-order valence-electron chi connectivity index (χ1n) is 8.37. The number of amides is 1. The summed E-state index contributed by atoms with van der Waals surface area (Å²) in [6.07, 6.45) is 4.66. The van der Waals surface area contributed by atoms with Gasteiger partial charge >= 0.3 is 0 Å². The van der Waals surface area contributed by atoms with Crippen molar-refractivity contribution < 1.29 is 14.3 Å². The standard InChI is InChI=1S/C19H25NO3/c1-19(2)12-16(14-23-19)20(13-15-8-4-3-5-9-15)18(21)17-10-6-7-11-22-17/h3-5,8-10,16H,6-7,11-14H2,1-2H3. The average Bonchev–Trinajstić information content (AvgIpc) is 2.93. The number of benzene rings is 1. The van der Waals surface area contributed by atoms with Gasteiger partial charge in [0.1, 0.15) is 0 Å². The molecule has 2 aliphatic rings. The predicted octanol–water partition coefficient (Wildman–Crippen LogP) is 3.28. The van der Waals surface area contributed by atoms with Crippen LogP contribution in [0.4, 0.5) is 0 Å². The molecule has 0 aliphatic carbocycles. The van der Waals surface area contributed by atoms with Gasteiger partial charge in [0.25, 0.3) is 5.91 Å². The zero-order valence-electron chi connectivity index (χ0n) is 14.0. The lowest BCUT2D eigenvalue weighted by Crippen LogP contribution is -2.42. The Balaban J connectivity index is 1.81. The van der Waals surface area contributed by atoms with Crippen molar-refractivity contribution in [2.75, 3.05) is 13.2 Å². The van der Waals surface area contributed by atoms with Crippen LogP contribution in [0, 0.1) is 0 Å². The molecule has 2 aliphatic heterocycles. The zero-order chi connectivity index (χ0) is 16.3. The topological polar surface area (TPSA) is 38.8 Å². The van der Waals surface area contributed by atoms with Crippen molar-refractivity contribution in [3.05, 3.63) is 47.7 Å². The minimum Gasteiger partial charge on any atom is -0.488 e. The molecule has 0 aromatic heterocycles. The molecule has 0 saturated carbocycles. The Morgan fingerprint density at radius 1 is 1.30 bits per heavy atom. The van der Waals surface area contributed by atoms with E-state index in [1.165, 1.54) is 0 Å². The molecule has 4 heteroatoms. The molecular formula is C19H25NO3. The van der Waals surface area contributed by atoms with Gasteiger partial charge in [-0.25, -0.2) is 0 Å². The molecule has 23 heavy (non-hydrogen) atoms. The molecule has 3 rings (SSSR count). The van der Waals surface area contributed by atoms with Crippen molar-refractivity contribution in [1.82, 2.24) is 4.90 Å². The van der Waals surface area contributed by atoms with Gasteiger partial charge in [-0.2, -0.15) is 0 Å². The fraction of sp³-hybridized carbons (Fsp3) is 0.526. The van der Waals surface area contributed by atoms with Gasteiger partial charge in [0, 0.05) is 6.54 Å². The first kappa shape index (κ1) is 16.1. The van der Waals surface area contributed by atoms with Crippen LogP contribution in [0.3, 0.4) is 0 Å². The van der Waals surface area contributed by atoms with Gasteiger partial charge in [0.15, 0.2) is 5.76 Å². The fourth-order valence-electron chi connectivity index (χ4n) is 3.20. The average molecular weight is 315 g/mol. The number of nitrogens with zero attached hydrogens (tertiary/aromatic N) is 1. The molecule has 0 N–H and O–H groups in total. The molecule has 1 fully saturated rings. The third-order valence-corrected chi connectivity index (χ3v) is 4.44. The highest BCUT2D eigenvalue weighted by molar-refractivity contribution is 5.91. The maximum Gasteiger partial charge on any atom is 0.289 e. The summed E-state index contributed by atoms with van der Waals surface area (Å²) in [5.41, 5.74) is 0.948. The summed E-state index contributed by atoms with van der Waals surface area (Å²) < 4.78 is 11.5. The molecule has 0 radical (unpaired) electrons. The van der Waals surface area contributed by atoms with E-state index in [0.717, 1.165) is 24.8 Å². The number of hydrogen-bond donors (Lipinski definition) is 0. The molecule has 1 amide bonds. The van der Waals surface area contributed by atoms with Crippen molar-refractivity contribution in [1.29, 1.82) is 0 Å². The van der Waals surface area contributed by atoms with Crippen LogP contribution in [0.1, 0.15) is 38.7 Å². The number of rotatable bonds is 4. The predicted molar refractivity (Wildman–Crippen MR) is 88.7 cm³/mol. The first-order valence-corrected chi connectivity index (χ1v) is 8.37. The second kappa shape index (κ2) is 6.75. The molecule has 0 bridgehead atoms. The summed E-state index contributed by atoms with van der Waals surface area (Å²) in [5, 5.41) is 0. The highest BCUT2D eigenvalue weighted by Gasteiger charge is 2.38. The normalized spacial score (nSPS) is 23.0. The van der Waals surface area contributed by atoms with Crippen LogP contribution in [-0.2, 0) is 20.8 Å². The number of carbonyl (C=O) groups is 1.